The fourth-order valence-electron chi connectivity index (χ4n) is 2.55. The molecule has 2 unspecified atom stereocenters. The van der Waals surface area contributed by atoms with Crippen LogP contribution in [0.25, 0.3) is 0 Å². The van der Waals surface area contributed by atoms with E-state index in [9.17, 15) is 0 Å². The van der Waals surface area contributed by atoms with Gasteiger partial charge in [0.15, 0.2) is 0 Å². The first kappa shape index (κ1) is 14.2. The van der Waals surface area contributed by atoms with Crippen LogP contribution in [0.3, 0.4) is 0 Å². The van der Waals surface area contributed by atoms with Crippen molar-refractivity contribution in [3.63, 3.8) is 0 Å². The molecule has 0 aromatic carbocycles. The Morgan fingerprint density at radius 3 is 2.63 bits per heavy atom. The second-order valence-corrected chi connectivity index (χ2v) is 5.16. The predicted molar refractivity (Wildman–Crippen MR) is 73.1 cm³/mol. The molecule has 1 saturated carbocycles. The first-order valence-corrected chi connectivity index (χ1v) is 6.88. The van der Waals surface area contributed by atoms with Crippen molar-refractivity contribution in [2.24, 2.45) is 5.73 Å². The average molecular weight is 265 g/mol. The van der Waals surface area contributed by atoms with E-state index in [2.05, 4.69) is 10.2 Å². The van der Waals surface area contributed by atoms with Crippen LogP contribution in [0.4, 0.5) is 0 Å². The van der Waals surface area contributed by atoms with E-state index in [-0.39, 0.29) is 6.10 Å². The number of hydrogen-bond donors (Lipinski definition) is 1. The number of nitrogens with two attached hydrogens (primary N) is 1. The van der Waals surface area contributed by atoms with Gasteiger partial charge in [0, 0.05) is 25.6 Å². The molecule has 5 heteroatoms. The highest BCUT2D eigenvalue weighted by Gasteiger charge is 2.24. The highest BCUT2D eigenvalue weighted by molar-refractivity contribution is 5.35. The number of ether oxygens (including phenoxy) is 2. The lowest BCUT2D eigenvalue weighted by Crippen LogP contribution is -2.30. The molecule has 0 radical (unpaired) electrons. The maximum atomic E-state index is 6.01. The van der Waals surface area contributed by atoms with Crippen molar-refractivity contribution >= 4 is 0 Å². The minimum atomic E-state index is 0.153. The van der Waals surface area contributed by atoms with Gasteiger partial charge in [-0.1, -0.05) is 0 Å². The molecule has 0 bridgehead atoms. The van der Waals surface area contributed by atoms with Gasteiger partial charge in [-0.2, -0.15) is 5.10 Å². The van der Waals surface area contributed by atoms with Gasteiger partial charge in [0.2, 0.25) is 5.88 Å². The van der Waals surface area contributed by atoms with Crippen molar-refractivity contribution in [1.29, 1.82) is 0 Å². The van der Waals surface area contributed by atoms with Gasteiger partial charge < -0.3 is 15.2 Å². The Hall–Kier alpha value is -1.20. The second kappa shape index (κ2) is 6.30. The van der Waals surface area contributed by atoms with Crippen LogP contribution < -0.4 is 10.5 Å². The van der Waals surface area contributed by atoms with Crippen LogP contribution in [0.5, 0.6) is 5.88 Å². The molecule has 2 N–H and O–H groups in total. The molecule has 19 heavy (non-hydrogen) atoms. The molecule has 2 atom stereocenters. The molecule has 0 aliphatic heterocycles. The van der Waals surface area contributed by atoms with Crippen molar-refractivity contribution in [2.45, 2.75) is 58.3 Å². The van der Waals surface area contributed by atoms with E-state index in [1.807, 2.05) is 13.8 Å². The Morgan fingerprint density at radius 1 is 1.21 bits per heavy atom. The zero-order chi connectivity index (χ0) is 13.8. The molecule has 1 aliphatic rings. The highest BCUT2D eigenvalue weighted by Crippen LogP contribution is 2.27. The van der Waals surface area contributed by atoms with E-state index >= 15 is 0 Å². The lowest BCUT2D eigenvalue weighted by molar-refractivity contribution is 0.0188. The summed E-state index contributed by atoms with van der Waals surface area (Å²) in [6.07, 6.45) is 4.63. The summed E-state index contributed by atoms with van der Waals surface area (Å²) in [5, 5.41) is 8.29. The molecule has 1 aromatic rings. The highest BCUT2D eigenvalue weighted by atomic mass is 16.5. The smallest absolute Gasteiger partial charge is 0.238 e. The third-order valence-corrected chi connectivity index (χ3v) is 3.94. The van der Waals surface area contributed by atoms with Gasteiger partial charge in [-0.15, -0.1) is 5.10 Å². The molecule has 5 nitrogen and oxygen atoms in total. The first-order valence-electron chi connectivity index (χ1n) is 6.88. The zero-order valence-electron chi connectivity index (χ0n) is 12.0. The van der Waals surface area contributed by atoms with Crippen LogP contribution in [0.15, 0.2) is 0 Å². The van der Waals surface area contributed by atoms with E-state index in [0.29, 0.717) is 18.5 Å². The minimum Gasteiger partial charge on any atom is -0.473 e. The van der Waals surface area contributed by atoms with Crippen LogP contribution >= 0.6 is 0 Å². The monoisotopic (exact) mass is 265 g/mol. The van der Waals surface area contributed by atoms with Gasteiger partial charge in [-0.05, 0) is 38.7 Å². The maximum Gasteiger partial charge on any atom is 0.238 e. The van der Waals surface area contributed by atoms with E-state index in [1.54, 1.807) is 7.11 Å². The quantitative estimate of drug-likeness (QED) is 0.900. The lowest BCUT2D eigenvalue weighted by Gasteiger charge is -2.28. The summed E-state index contributed by atoms with van der Waals surface area (Å²) in [5.74, 6) is 0.590. The predicted octanol–water partition coefficient (Wildman–Crippen LogP) is 1.89. The van der Waals surface area contributed by atoms with Gasteiger partial charge in [0.25, 0.3) is 0 Å². The Bertz CT molecular complexity index is 437. The van der Waals surface area contributed by atoms with Crippen molar-refractivity contribution in [2.75, 3.05) is 7.11 Å². The van der Waals surface area contributed by atoms with E-state index in [1.165, 1.54) is 0 Å². The standard InChI is InChI=1S/C14H23N3O2/c1-9-10(2)16-17-14(13(9)8-15)19-12-6-4-5-11(7-12)18-3/h11-12H,4-8,15H2,1-3H3. The van der Waals surface area contributed by atoms with E-state index in [4.69, 9.17) is 15.2 Å². The third kappa shape index (κ3) is 3.22. The van der Waals surface area contributed by atoms with Crippen molar-refractivity contribution in [3.05, 3.63) is 16.8 Å². The van der Waals surface area contributed by atoms with E-state index < -0.39 is 0 Å². The average Bonchev–Trinajstić information content (AvgIpc) is 2.43. The largest absolute Gasteiger partial charge is 0.473 e. The molecule has 1 heterocycles. The third-order valence-electron chi connectivity index (χ3n) is 3.94. The number of aromatic nitrogens is 2. The molecule has 1 aromatic heterocycles. The summed E-state index contributed by atoms with van der Waals surface area (Å²) >= 11 is 0. The first-order chi connectivity index (χ1) is 9.15. The molecule has 2 rings (SSSR count). The topological polar surface area (TPSA) is 70.3 Å². The number of methoxy groups -OCH3 is 1. The molecule has 1 aliphatic carbocycles. The van der Waals surface area contributed by atoms with Gasteiger partial charge in [0.05, 0.1) is 11.8 Å². The number of rotatable bonds is 4. The minimum absolute atomic E-state index is 0.153. The normalized spacial score (nSPS) is 23.4. The Kier molecular flexibility index (Phi) is 4.71. The van der Waals surface area contributed by atoms with Gasteiger partial charge in [-0.25, -0.2) is 0 Å². The second-order valence-electron chi connectivity index (χ2n) is 5.16. The number of aryl methyl sites for hydroxylation is 1. The summed E-state index contributed by atoms with van der Waals surface area (Å²) in [6, 6.07) is 0. The van der Waals surface area contributed by atoms with Gasteiger partial charge >= 0.3 is 0 Å². The molecule has 106 valence electrons. The Labute approximate surface area is 114 Å². The fourth-order valence-corrected chi connectivity index (χ4v) is 2.55. The number of nitrogens with zero attached hydrogens (tertiary/aromatic N) is 2. The van der Waals surface area contributed by atoms with Crippen molar-refractivity contribution in [1.82, 2.24) is 10.2 Å². The van der Waals surface area contributed by atoms with Crippen LogP contribution in [0, 0.1) is 13.8 Å². The summed E-state index contributed by atoms with van der Waals surface area (Å²) in [5.41, 5.74) is 8.76. The molecule has 0 saturated heterocycles. The summed E-state index contributed by atoms with van der Waals surface area (Å²) in [7, 11) is 1.76. The van der Waals surface area contributed by atoms with Crippen LogP contribution in [-0.4, -0.2) is 29.5 Å². The fraction of sp³-hybridized carbons (Fsp3) is 0.714. The zero-order valence-corrected chi connectivity index (χ0v) is 12.0. The number of hydrogen-bond acceptors (Lipinski definition) is 5. The van der Waals surface area contributed by atoms with Gasteiger partial charge in [0.1, 0.15) is 6.10 Å². The molecule has 1 fully saturated rings. The molecule has 0 spiro atoms. The lowest BCUT2D eigenvalue weighted by atomic mass is 9.95. The van der Waals surface area contributed by atoms with Crippen LogP contribution in [0.2, 0.25) is 0 Å². The molecular weight excluding hydrogens is 242 g/mol. The molecule has 0 amide bonds. The van der Waals surface area contributed by atoms with Crippen molar-refractivity contribution < 1.29 is 9.47 Å². The van der Waals surface area contributed by atoms with Crippen molar-refractivity contribution in [3.8, 4) is 5.88 Å². The maximum absolute atomic E-state index is 6.01. The summed E-state index contributed by atoms with van der Waals surface area (Å²) < 4.78 is 11.4. The Balaban J connectivity index is 2.12. The van der Waals surface area contributed by atoms with Gasteiger partial charge in [-0.3, -0.25) is 0 Å². The van der Waals surface area contributed by atoms with E-state index in [0.717, 1.165) is 42.5 Å². The Morgan fingerprint density at radius 2 is 1.95 bits per heavy atom. The summed E-state index contributed by atoms with van der Waals surface area (Å²) in [6.45, 7) is 4.38. The van der Waals surface area contributed by atoms with Crippen LogP contribution in [-0.2, 0) is 11.3 Å². The van der Waals surface area contributed by atoms with Crippen LogP contribution in [0.1, 0.15) is 42.5 Å². The summed E-state index contributed by atoms with van der Waals surface area (Å²) in [4.78, 5) is 0. The molecular formula is C14H23N3O2. The SMILES string of the molecule is COC1CCCC(Oc2nnc(C)c(C)c2CN)C1.